The van der Waals surface area contributed by atoms with Crippen LogP contribution in [0.5, 0.6) is 17.2 Å². The smallest absolute Gasteiger partial charge is 0.311 e. The molecular weight excluding hydrogens is 428 g/mol. The van der Waals surface area contributed by atoms with Crippen LogP contribution in [0.1, 0.15) is 130 Å². The van der Waals surface area contributed by atoms with Crippen LogP contribution in [0.3, 0.4) is 0 Å². The van der Waals surface area contributed by atoms with Gasteiger partial charge in [0.15, 0.2) is 11.5 Å². The molecule has 1 aromatic rings. The summed E-state index contributed by atoms with van der Waals surface area (Å²) in [5, 5.41) is 0. The molecule has 0 aliphatic carbocycles. The van der Waals surface area contributed by atoms with Crippen molar-refractivity contribution in [1.82, 2.24) is 0 Å². The summed E-state index contributed by atoms with van der Waals surface area (Å²) < 4.78 is 17.0. The molecule has 0 bridgehead atoms. The molecule has 1 aromatic carbocycles. The average molecular weight is 477 g/mol. The van der Waals surface area contributed by atoms with Crippen LogP contribution in [0.25, 0.3) is 0 Å². The highest BCUT2D eigenvalue weighted by Crippen LogP contribution is 2.33. The largest absolute Gasteiger partial charge is 0.493 e. The monoisotopic (exact) mass is 476 g/mol. The molecule has 0 unspecified atom stereocenters. The van der Waals surface area contributed by atoms with Crippen LogP contribution < -0.4 is 14.2 Å². The first kappa shape index (κ1) is 30.0. The van der Waals surface area contributed by atoms with E-state index in [1.54, 1.807) is 18.2 Å². The molecule has 0 spiro atoms. The minimum absolute atomic E-state index is 0.263. The van der Waals surface area contributed by atoms with E-state index in [1.807, 2.05) is 0 Å². The van der Waals surface area contributed by atoms with Crippen molar-refractivity contribution in [1.29, 1.82) is 0 Å². The molecule has 0 heterocycles. The van der Waals surface area contributed by atoms with E-state index in [9.17, 15) is 9.59 Å². The molecule has 1 rings (SSSR count). The summed E-state index contributed by atoms with van der Waals surface area (Å²) in [5.41, 5.74) is 0. The van der Waals surface area contributed by atoms with E-state index >= 15 is 0 Å². The van der Waals surface area contributed by atoms with Crippen LogP contribution in [0, 0.1) is 0 Å². The van der Waals surface area contributed by atoms with Gasteiger partial charge in [-0.1, -0.05) is 97.8 Å². The lowest BCUT2D eigenvalue weighted by Crippen LogP contribution is -2.12. The lowest BCUT2D eigenvalue weighted by atomic mass is 10.1. The Balaban J connectivity index is 2.63. The lowest BCUT2D eigenvalue weighted by Gasteiger charge is -2.13. The molecule has 0 aromatic heterocycles. The van der Waals surface area contributed by atoms with Gasteiger partial charge in [0.25, 0.3) is 0 Å². The summed E-state index contributed by atoms with van der Waals surface area (Å²) in [6.45, 7) is 7.12. The highest BCUT2D eigenvalue weighted by molar-refractivity contribution is 5.76. The molecule has 0 radical (unpaired) electrons. The van der Waals surface area contributed by atoms with E-state index in [4.69, 9.17) is 14.2 Å². The zero-order chi connectivity index (χ0) is 24.9. The van der Waals surface area contributed by atoms with Crippen LogP contribution >= 0.6 is 0 Å². The number of esters is 2. The SMILES string of the molecule is CCCCCCCCCOc1ccc(OC(=O)CCCCCC)c(OC(=O)CCCCCC)c1. The average Bonchev–Trinajstić information content (AvgIpc) is 2.83. The fourth-order valence-corrected chi connectivity index (χ4v) is 3.73. The van der Waals surface area contributed by atoms with Gasteiger partial charge in [-0.15, -0.1) is 0 Å². The molecule has 194 valence electrons. The summed E-state index contributed by atoms with van der Waals surface area (Å²) in [4.78, 5) is 24.7. The van der Waals surface area contributed by atoms with Gasteiger partial charge in [0.2, 0.25) is 0 Å². The van der Waals surface area contributed by atoms with Crippen LogP contribution in [0.2, 0.25) is 0 Å². The normalized spacial score (nSPS) is 10.8. The van der Waals surface area contributed by atoms with E-state index in [-0.39, 0.29) is 23.4 Å². The fraction of sp³-hybridized carbons (Fsp3) is 0.724. The maximum Gasteiger partial charge on any atom is 0.311 e. The number of hydrogen-bond donors (Lipinski definition) is 0. The Morgan fingerprint density at radius 1 is 0.588 bits per heavy atom. The van der Waals surface area contributed by atoms with Gasteiger partial charge in [-0.2, -0.15) is 0 Å². The Kier molecular flexibility index (Phi) is 17.9. The third kappa shape index (κ3) is 15.0. The van der Waals surface area contributed by atoms with Crippen molar-refractivity contribution in [3.05, 3.63) is 18.2 Å². The van der Waals surface area contributed by atoms with Crippen molar-refractivity contribution in [3.8, 4) is 17.2 Å². The fourth-order valence-electron chi connectivity index (χ4n) is 3.73. The quantitative estimate of drug-likeness (QED) is 0.101. The van der Waals surface area contributed by atoms with Gasteiger partial charge in [0.05, 0.1) is 6.61 Å². The topological polar surface area (TPSA) is 61.8 Å². The molecule has 0 fully saturated rings. The maximum atomic E-state index is 12.4. The predicted molar refractivity (Wildman–Crippen MR) is 139 cm³/mol. The third-order valence-corrected chi connectivity index (χ3v) is 5.85. The first-order chi connectivity index (χ1) is 16.6. The lowest BCUT2D eigenvalue weighted by molar-refractivity contribution is -0.137. The van der Waals surface area contributed by atoms with Crippen molar-refractivity contribution in [2.75, 3.05) is 6.61 Å². The van der Waals surface area contributed by atoms with Crippen molar-refractivity contribution in [3.63, 3.8) is 0 Å². The molecule has 0 saturated carbocycles. The maximum absolute atomic E-state index is 12.4. The number of carbonyl (C=O) groups is 2. The van der Waals surface area contributed by atoms with Gasteiger partial charge in [0.1, 0.15) is 5.75 Å². The molecule has 5 nitrogen and oxygen atoms in total. The Morgan fingerprint density at radius 2 is 1.06 bits per heavy atom. The van der Waals surface area contributed by atoms with Crippen molar-refractivity contribution in [2.24, 2.45) is 0 Å². The second-order valence-electron chi connectivity index (χ2n) is 9.15. The summed E-state index contributed by atoms with van der Waals surface area (Å²) in [7, 11) is 0. The third-order valence-electron chi connectivity index (χ3n) is 5.85. The Bertz CT molecular complexity index is 670. The van der Waals surface area contributed by atoms with Crippen LogP contribution in [0.4, 0.5) is 0 Å². The molecule has 0 amide bonds. The van der Waals surface area contributed by atoms with Gasteiger partial charge in [-0.3, -0.25) is 9.59 Å². The van der Waals surface area contributed by atoms with Crippen LogP contribution in [-0.2, 0) is 9.59 Å². The molecule has 5 heteroatoms. The Labute approximate surface area is 207 Å². The van der Waals surface area contributed by atoms with Crippen molar-refractivity contribution >= 4 is 11.9 Å². The van der Waals surface area contributed by atoms with E-state index in [0.717, 1.165) is 64.2 Å². The highest BCUT2D eigenvalue weighted by Gasteiger charge is 2.15. The van der Waals surface area contributed by atoms with Crippen molar-refractivity contribution < 1.29 is 23.8 Å². The minimum atomic E-state index is -0.305. The van der Waals surface area contributed by atoms with Gasteiger partial charge in [0, 0.05) is 18.9 Å². The predicted octanol–water partition coefficient (Wildman–Crippen LogP) is 8.57. The number of carbonyl (C=O) groups excluding carboxylic acids is 2. The number of ether oxygens (including phenoxy) is 3. The highest BCUT2D eigenvalue weighted by atomic mass is 16.6. The molecule has 34 heavy (non-hydrogen) atoms. The zero-order valence-corrected chi connectivity index (χ0v) is 22.0. The van der Waals surface area contributed by atoms with Crippen LogP contribution in [-0.4, -0.2) is 18.5 Å². The summed E-state index contributed by atoms with van der Waals surface area (Å²) in [6.07, 6.45) is 17.3. The molecule has 0 aliphatic rings. The first-order valence-corrected chi connectivity index (χ1v) is 13.8. The molecule has 0 N–H and O–H groups in total. The second kappa shape index (κ2) is 20.3. The van der Waals surface area contributed by atoms with Gasteiger partial charge < -0.3 is 14.2 Å². The number of hydrogen-bond acceptors (Lipinski definition) is 5. The minimum Gasteiger partial charge on any atom is -0.493 e. The van der Waals surface area contributed by atoms with E-state index in [1.165, 1.54) is 32.1 Å². The number of benzene rings is 1. The summed E-state index contributed by atoms with van der Waals surface area (Å²) >= 11 is 0. The summed E-state index contributed by atoms with van der Waals surface area (Å²) in [5.74, 6) is 0.571. The first-order valence-electron chi connectivity index (χ1n) is 13.8. The van der Waals surface area contributed by atoms with Crippen molar-refractivity contribution in [2.45, 2.75) is 130 Å². The summed E-state index contributed by atoms with van der Waals surface area (Å²) in [6, 6.07) is 5.12. The van der Waals surface area contributed by atoms with E-state index < -0.39 is 0 Å². The standard InChI is InChI=1S/C29H48O5/c1-4-7-10-13-14-15-18-23-32-25-21-22-26(33-28(30)19-16-11-8-5-2)27(24-25)34-29(31)20-17-12-9-6-3/h21-22,24H,4-20,23H2,1-3H3. The van der Waals surface area contributed by atoms with E-state index in [2.05, 4.69) is 20.8 Å². The van der Waals surface area contributed by atoms with Gasteiger partial charge in [-0.05, 0) is 31.4 Å². The van der Waals surface area contributed by atoms with Gasteiger partial charge in [-0.25, -0.2) is 0 Å². The molecular formula is C29H48O5. The number of rotatable bonds is 21. The molecule has 0 aliphatic heterocycles. The van der Waals surface area contributed by atoms with E-state index in [0.29, 0.717) is 25.2 Å². The zero-order valence-electron chi connectivity index (χ0n) is 22.0. The molecule has 0 atom stereocenters. The van der Waals surface area contributed by atoms with Crippen LogP contribution in [0.15, 0.2) is 18.2 Å². The van der Waals surface area contributed by atoms with Gasteiger partial charge >= 0.3 is 11.9 Å². The second-order valence-corrected chi connectivity index (χ2v) is 9.15. The number of unbranched alkanes of at least 4 members (excludes halogenated alkanes) is 12. The Morgan fingerprint density at radius 3 is 1.62 bits per heavy atom. The Hall–Kier alpha value is -2.04. The molecule has 0 saturated heterocycles.